The van der Waals surface area contributed by atoms with Crippen molar-refractivity contribution < 1.29 is 4.74 Å². The molecule has 0 amide bonds. The van der Waals surface area contributed by atoms with Gasteiger partial charge in [0.05, 0.1) is 18.4 Å². The molecule has 0 spiro atoms. The summed E-state index contributed by atoms with van der Waals surface area (Å²) in [5.41, 5.74) is 1.13. The normalized spacial score (nSPS) is 19.1. The number of hydrogen-bond acceptors (Lipinski definition) is 3. The molecule has 1 aromatic rings. The van der Waals surface area contributed by atoms with Gasteiger partial charge in [-0.05, 0) is 25.8 Å². The van der Waals surface area contributed by atoms with Crippen LogP contribution < -0.4 is 5.32 Å². The molecule has 4 nitrogen and oxygen atoms in total. The van der Waals surface area contributed by atoms with Gasteiger partial charge in [0.25, 0.3) is 0 Å². The Balaban J connectivity index is 1.57. The van der Waals surface area contributed by atoms with E-state index in [1.54, 1.807) is 6.20 Å². The van der Waals surface area contributed by atoms with Crippen LogP contribution in [-0.4, -0.2) is 29.5 Å². The SMILES string of the molecule is CC(NCCOC1CCCC1)c1ccn[nH]1. The largest absolute Gasteiger partial charge is 0.377 e. The van der Waals surface area contributed by atoms with Crippen molar-refractivity contribution in [1.82, 2.24) is 15.5 Å². The molecule has 0 saturated heterocycles. The average Bonchev–Trinajstić information content (AvgIpc) is 2.96. The monoisotopic (exact) mass is 223 g/mol. The van der Waals surface area contributed by atoms with E-state index in [0.717, 1.165) is 18.8 Å². The average molecular weight is 223 g/mol. The van der Waals surface area contributed by atoms with Crippen molar-refractivity contribution in [3.8, 4) is 0 Å². The van der Waals surface area contributed by atoms with Crippen molar-refractivity contribution in [2.45, 2.75) is 44.8 Å². The molecule has 4 heteroatoms. The lowest BCUT2D eigenvalue weighted by molar-refractivity contribution is 0.0593. The van der Waals surface area contributed by atoms with Gasteiger partial charge in [0.1, 0.15) is 0 Å². The lowest BCUT2D eigenvalue weighted by atomic mass is 10.2. The maximum Gasteiger partial charge on any atom is 0.0594 e. The standard InChI is InChI=1S/C12H21N3O/c1-10(12-6-7-14-15-12)13-8-9-16-11-4-2-3-5-11/h6-7,10-11,13H,2-5,8-9H2,1H3,(H,14,15). The summed E-state index contributed by atoms with van der Waals surface area (Å²) in [5.74, 6) is 0. The Morgan fingerprint density at radius 2 is 2.38 bits per heavy atom. The van der Waals surface area contributed by atoms with Gasteiger partial charge in [-0.25, -0.2) is 0 Å². The zero-order valence-corrected chi connectivity index (χ0v) is 9.91. The van der Waals surface area contributed by atoms with E-state index < -0.39 is 0 Å². The molecular formula is C12H21N3O. The number of aromatic amines is 1. The number of H-pyrrole nitrogens is 1. The summed E-state index contributed by atoms with van der Waals surface area (Å²) >= 11 is 0. The first-order valence-electron chi connectivity index (χ1n) is 6.20. The number of ether oxygens (including phenoxy) is 1. The van der Waals surface area contributed by atoms with Crippen molar-refractivity contribution in [3.63, 3.8) is 0 Å². The van der Waals surface area contributed by atoms with Gasteiger partial charge in [-0.15, -0.1) is 0 Å². The summed E-state index contributed by atoms with van der Waals surface area (Å²) in [6.45, 7) is 3.84. The molecule has 0 aliphatic heterocycles. The van der Waals surface area contributed by atoms with Gasteiger partial charge in [-0.3, -0.25) is 5.10 Å². The molecule has 1 saturated carbocycles. The fraction of sp³-hybridized carbons (Fsp3) is 0.750. The third-order valence-electron chi connectivity index (χ3n) is 3.20. The molecule has 1 aliphatic rings. The zero-order valence-electron chi connectivity index (χ0n) is 9.91. The zero-order chi connectivity index (χ0) is 11.2. The van der Waals surface area contributed by atoms with Gasteiger partial charge in [-0.1, -0.05) is 12.8 Å². The van der Waals surface area contributed by atoms with E-state index in [0.29, 0.717) is 12.1 Å². The first-order chi connectivity index (χ1) is 7.86. The second-order valence-electron chi connectivity index (χ2n) is 4.47. The highest BCUT2D eigenvalue weighted by atomic mass is 16.5. The van der Waals surface area contributed by atoms with Crippen LogP contribution in [0.4, 0.5) is 0 Å². The van der Waals surface area contributed by atoms with E-state index in [9.17, 15) is 0 Å². The molecule has 90 valence electrons. The topological polar surface area (TPSA) is 49.9 Å². The van der Waals surface area contributed by atoms with Gasteiger partial charge < -0.3 is 10.1 Å². The summed E-state index contributed by atoms with van der Waals surface area (Å²) in [6, 6.07) is 2.31. The minimum atomic E-state index is 0.315. The first-order valence-corrected chi connectivity index (χ1v) is 6.20. The van der Waals surface area contributed by atoms with E-state index in [2.05, 4.69) is 22.4 Å². The Kier molecular flexibility index (Phi) is 4.36. The number of nitrogens with zero attached hydrogens (tertiary/aromatic N) is 1. The van der Waals surface area contributed by atoms with Crippen molar-refractivity contribution in [3.05, 3.63) is 18.0 Å². The van der Waals surface area contributed by atoms with E-state index in [1.165, 1.54) is 25.7 Å². The molecule has 1 aromatic heterocycles. The van der Waals surface area contributed by atoms with Crippen LogP contribution in [0.15, 0.2) is 12.3 Å². The van der Waals surface area contributed by atoms with E-state index in [1.807, 2.05) is 6.07 Å². The molecule has 0 bridgehead atoms. The predicted molar refractivity (Wildman–Crippen MR) is 63.2 cm³/mol. The summed E-state index contributed by atoms with van der Waals surface area (Å²) in [6.07, 6.45) is 7.46. The van der Waals surface area contributed by atoms with Crippen LogP contribution in [0, 0.1) is 0 Å². The third-order valence-corrected chi connectivity index (χ3v) is 3.20. The summed E-state index contributed by atoms with van der Waals surface area (Å²) < 4.78 is 5.78. The lowest BCUT2D eigenvalue weighted by Crippen LogP contribution is -2.25. The third kappa shape index (κ3) is 3.32. The molecule has 1 aliphatic carbocycles. The van der Waals surface area contributed by atoms with Gasteiger partial charge in [0, 0.05) is 18.8 Å². The summed E-state index contributed by atoms with van der Waals surface area (Å²) in [4.78, 5) is 0. The molecule has 1 atom stereocenters. The maximum atomic E-state index is 5.78. The van der Waals surface area contributed by atoms with Gasteiger partial charge in [0.15, 0.2) is 0 Å². The van der Waals surface area contributed by atoms with Crippen LogP contribution in [0.2, 0.25) is 0 Å². The lowest BCUT2D eigenvalue weighted by Gasteiger charge is -2.14. The molecular weight excluding hydrogens is 202 g/mol. The number of hydrogen-bond donors (Lipinski definition) is 2. The van der Waals surface area contributed by atoms with Crippen LogP contribution in [0.25, 0.3) is 0 Å². The van der Waals surface area contributed by atoms with Crippen LogP contribution in [0.1, 0.15) is 44.3 Å². The van der Waals surface area contributed by atoms with Crippen molar-refractivity contribution in [2.24, 2.45) is 0 Å². The maximum absolute atomic E-state index is 5.78. The molecule has 0 radical (unpaired) electrons. The number of rotatable bonds is 6. The minimum absolute atomic E-state index is 0.315. The Morgan fingerprint density at radius 3 is 3.06 bits per heavy atom. The fourth-order valence-electron chi connectivity index (χ4n) is 2.17. The second kappa shape index (κ2) is 6.01. The Morgan fingerprint density at radius 1 is 1.56 bits per heavy atom. The van der Waals surface area contributed by atoms with Gasteiger partial charge in [0.2, 0.25) is 0 Å². The van der Waals surface area contributed by atoms with Crippen molar-refractivity contribution in [2.75, 3.05) is 13.2 Å². The Hall–Kier alpha value is -0.870. The summed E-state index contributed by atoms with van der Waals surface area (Å²) in [7, 11) is 0. The highest BCUT2D eigenvalue weighted by Crippen LogP contribution is 2.20. The molecule has 1 unspecified atom stereocenters. The predicted octanol–water partition coefficient (Wildman–Crippen LogP) is 2.02. The van der Waals surface area contributed by atoms with Crippen molar-refractivity contribution >= 4 is 0 Å². The molecule has 1 heterocycles. The summed E-state index contributed by atoms with van der Waals surface area (Å²) in [5, 5.41) is 10.3. The van der Waals surface area contributed by atoms with E-state index in [-0.39, 0.29) is 0 Å². The minimum Gasteiger partial charge on any atom is -0.377 e. The van der Waals surface area contributed by atoms with E-state index >= 15 is 0 Å². The smallest absolute Gasteiger partial charge is 0.0594 e. The number of aromatic nitrogens is 2. The van der Waals surface area contributed by atoms with Crippen LogP contribution in [0.3, 0.4) is 0 Å². The molecule has 2 rings (SSSR count). The second-order valence-corrected chi connectivity index (χ2v) is 4.47. The Bertz CT molecular complexity index is 280. The highest BCUT2D eigenvalue weighted by Gasteiger charge is 2.14. The van der Waals surface area contributed by atoms with Crippen LogP contribution in [-0.2, 0) is 4.74 Å². The fourth-order valence-corrected chi connectivity index (χ4v) is 2.17. The quantitative estimate of drug-likeness (QED) is 0.725. The van der Waals surface area contributed by atoms with Crippen molar-refractivity contribution in [1.29, 1.82) is 0 Å². The van der Waals surface area contributed by atoms with E-state index in [4.69, 9.17) is 4.74 Å². The first kappa shape index (κ1) is 11.6. The Labute approximate surface area is 96.8 Å². The molecule has 2 N–H and O–H groups in total. The van der Waals surface area contributed by atoms with Crippen LogP contribution in [0.5, 0.6) is 0 Å². The molecule has 1 fully saturated rings. The molecule has 0 aromatic carbocycles. The van der Waals surface area contributed by atoms with Gasteiger partial charge >= 0.3 is 0 Å². The highest BCUT2D eigenvalue weighted by molar-refractivity contribution is 5.02. The van der Waals surface area contributed by atoms with Gasteiger partial charge in [-0.2, -0.15) is 5.10 Å². The molecule has 16 heavy (non-hydrogen) atoms. The number of nitrogens with one attached hydrogen (secondary N) is 2. The van der Waals surface area contributed by atoms with Crippen LogP contribution >= 0.6 is 0 Å².